The molecule has 0 bridgehead atoms. The first-order chi connectivity index (χ1) is 6.94. The SMILES string of the molecule is CN(CC(C)(C)CN)c1ccc(O)cc1. The van der Waals surface area contributed by atoms with Gasteiger partial charge in [0.25, 0.3) is 0 Å². The molecule has 0 aromatic heterocycles. The number of phenolic OH excluding ortho intramolecular Hbond substituents is 1. The van der Waals surface area contributed by atoms with Crippen LogP contribution in [0, 0.1) is 5.41 Å². The van der Waals surface area contributed by atoms with E-state index in [2.05, 4.69) is 18.7 Å². The molecule has 15 heavy (non-hydrogen) atoms. The van der Waals surface area contributed by atoms with E-state index in [4.69, 9.17) is 5.73 Å². The van der Waals surface area contributed by atoms with Crippen LogP contribution < -0.4 is 10.6 Å². The lowest BCUT2D eigenvalue weighted by Gasteiger charge is -2.30. The summed E-state index contributed by atoms with van der Waals surface area (Å²) in [4.78, 5) is 2.15. The highest BCUT2D eigenvalue weighted by Gasteiger charge is 2.18. The van der Waals surface area contributed by atoms with Gasteiger partial charge in [-0.2, -0.15) is 0 Å². The Morgan fingerprint density at radius 2 is 1.80 bits per heavy atom. The number of nitrogens with two attached hydrogens (primary N) is 1. The van der Waals surface area contributed by atoms with Gasteiger partial charge < -0.3 is 15.7 Å². The summed E-state index contributed by atoms with van der Waals surface area (Å²) in [5, 5.41) is 9.18. The predicted molar refractivity (Wildman–Crippen MR) is 64.2 cm³/mol. The molecule has 0 spiro atoms. The van der Waals surface area contributed by atoms with E-state index in [-0.39, 0.29) is 5.41 Å². The summed E-state index contributed by atoms with van der Waals surface area (Å²) >= 11 is 0. The molecular weight excluding hydrogens is 188 g/mol. The van der Waals surface area contributed by atoms with Crippen LogP contribution in [0.1, 0.15) is 13.8 Å². The summed E-state index contributed by atoms with van der Waals surface area (Å²) < 4.78 is 0. The number of rotatable bonds is 4. The largest absolute Gasteiger partial charge is 0.508 e. The van der Waals surface area contributed by atoms with Crippen molar-refractivity contribution in [1.29, 1.82) is 0 Å². The minimum Gasteiger partial charge on any atom is -0.508 e. The summed E-state index contributed by atoms with van der Waals surface area (Å²) in [5.41, 5.74) is 6.89. The second kappa shape index (κ2) is 4.53. The number of aromatic hydroxyl groups is 1. The van der Waals surface area contributed by atoms with E-state index in [9.17, 15) is 5.11 Å². The van der Waals surface area contributed by atoms with Crippen LogP contribution in [-0.4, -0.2) is 25.2 Å². The Balaban J connectivity index is 2.69. The molecule has 0 fully saturated rings. The number of phenols is 1. The Labute approximate surface area is 91.5 Å². The maximum absolute atomic E-state index is 9.18. The molecule has 1 aromatic rings. The average molecular weight is 208 g/mol. The Bertz CT molecular complexity index is 306. The molecule has 3 nitrogen and oxygen atoms in total. The van der Waals surface area contributed by atoms with Crippen LogP contribution in [-0.2, 0) is 0 Å². The van der Waals surface area contributed by atoms with Crippen molar-refractivity contribution in [2.75, 3.05) is 25.0 Å². The van der Waals surface area contributed by atoms with Crippen molar-refractivity contribution in [3.63, 3.8) is 0 Å². The van der Waals surface area contributed by atoms with Crippen molar-refractivity contribution in [3.05, 3.63) is 24.3 Å². The summed E-state index contributed by atoms with van der Waals surface area (Å²) in [5.74, 6) is 0.297. The van der Waals surface area contributed by atoms with Gasteiger partial charge >= 0.3 is 0 Å². The Morgan fingerprint density at radius 1 is 1.27 bits per heavy atom. The van der Waals surface area contributed by atoms with Crippen LogP contribution in [0.5, 0.6) is 5.75 Å². The third-order valence-corrected chi connectivity index (χ3v) is 2.51. The molecule has 1 rings (SSSR count). The van der Waals surface area contributed by atoms with Gasteiger partial charge in [-0.15, -0.1) is 0 Å². The van der Waals surface area contributed by atoms with Crippen LogP contribution >= 0.6 is 0 Å². The maximum Gasteiger partial charge on any atom is 0.115 e. The van der Waals surface area contributed by atoms with Gasteiger partial charge in [-0.25, -0.2) is 0 Å². The molecule has 0 aliphatic rings. The van der Waals surface area contributed by atoms with Crippen LogP contribution in [0.25, 0.3) is 0 Å². The average Bonchev–Trinajstić information content (AvgIpc) is 2.18. The first-order valence-electron chi connectivity index (χ1n) is 5.15. The molecule has 0 radical (unpaired) electrons. The highest BCUT2D eigenvalue weighted by atomic mass is 16.3. The van der Waals surface area contributed by atoms with E-state index in [1.807, 2.05) is 19.2 Å². The van der Waals surface area contributed by atoms with Gasteiger partial charge in [-0.05, 0) is 36.2 Å². The van der Waals surface area contributed by atoms with E-state index >= 15 is 0 Å². The van der Waals surface area contributed by atoms with E-state index in [1.54, 1.807) is 12.1 Å². The quantitative estimate of drug-likeness (QED) is 0.793. The van der Waals surface area contributed by atoms with Crippen LogP contribution in [0.4, 0.5) is 5.69 Å². The van der Waals surface area contributed by atoms with Gasteiger partial charge in [0.15, 0.2) is 0 Å². The molecule has 84 valence electrons. The predicted octanol–water partition coefficient (Wildman–Crippen LogP) is 1.81. The van der Waals surface area contributed by atoms with Gasteiger partial charge in [-0.3, -0.25) is 0 Å². The van der Waals surface area contributed by atoms with E-state index < -0.39 is 0 Å². The zero-order valence-corrected chi connectivity index (χ0v) is 9.70. The van der Waals surface area contributed by atoms with Crippen molar-refractivity contribution >= 4 is 5.69 Å². The second-order valence-corrected chi connectivity index (χ2v) is 4.74. The van der Waals surface area contributed by atoms with E-state index in [1.165, 1.54) is 0 Å². The highest BCUT2D eigenvalue weighted by molar-refractivity contribution is 5.48. The lowest BCUT2D eigenvalue weighted by molar-refractivity contribution is 0.385. The fourth-order valence-electron chi connectivity index (χ4n) is 1.50. The van der Waals surface area contributed by atoms with Crippen molar-refractivity contribution in [2.45, 2.75) is 13.8 Å². The minimum atomic E-state index is 0.104. The van der Waals surface area contributed by atoms with Crippen molar-refractivity contribution in [3.8, 4) is 5.75 Å². The fourth-order valence-corrected chi connectivity index (χ4v) is 1.50. The number of anilines is 1. The standard InChI is InChI=1S/C12H20N2O/c1-12(2,8-13)9-14(3)10-4-6-11(15)7-5-10/h4-7,15H,8-9,13H2,1-3H3. The summed E-state index contributed by atoms with van der Waals surface area (Å²) in [6.45, 7) is 5.84. The number of nitrogens with zero attached hydrogens (tertiary/aromatic N) is 1. The first-order valence-corrected chi connectivity index (χ1v) is 5.15. The molecule has 0 aliphatic carbocycles. The third-order valence-electron chi connectivity index (χ3n) is 2.51. The smallest absolute Gasteiger partial charge is 0.115 e. The number of hydrogen-bond acceptors (Lipinski definition) is 3. The van der Waals surface area contributed by atoms with E-state index in [0.29, 0.717) is 12.3 Å². The van der Waals surface area contributed by atoms with Gasteiger partial charge in [0, 0.05) is 19.3 Å². The number of benzene rings is 1. The normalized spacial score (nSPS) is 11.5. The molecule has 0 saturated heterocycles. The van der Waals surface area contributed by atoms with Crippen LogP contribution in [0.15, 0.2) is 24.3 Å². The lowest BCUT2D eigenvalue weighted by Crippen LogP contribution is -2.36. The van der Waals surface area contributed by atoms with Gasteiger partial charge in [0.2, 0.25) is 0 Å². The zero-order chi connectivity index (χ0) is 11.5. The summed E-state index contributed by atoms with van der Waals surface area (Å²) in [6, 6.07) is 7.20. The summed E-state index contributed by atoms with van der Waals surface area (Å²) in [6.07, 6.45) is 0. The zero-order valence-electron chi connectivity index (χ0n) is 9.70. The molecular formula is C12H20N2O. The Morgan fingerprint density at radius 3 is 2.27 bits per heavy atom. The topological polar surface area (TPSA) is 49.5 Å². The maximum atomic E-state index is 9.18. The summed E-state index contributed by atoms with van der Waals surface area (Å²) in [7, 11) is 2.03. The molecule has 0 unspecified atom stereocenters. The molecule has 0 heterocycles. The molecule has 1 aromatic carbocycles. The lowest BCUT2D eigenvalue weighted by atomic mass is 9.93. The molecule has 0 saturated carbocycles. The molecule has 0 aliphatic heterocycles. The third kappa shape index (κ3) is 3.44. The minimum absolute atomic E-state index is 0.104. The molecule has 3 heteroatoms. The highest BCUT2D eigenvalue weighted by Crippen LogP contribution is 2.21. The molecule has 3 N–H and O–H groups in total. The van der Waals surface area contributed by atoms with Crippen molar-refractivity contribution in [2.24, 2.45) is 11.1 Å². The number of hydrogen-bond donors (Lipinski definition) is 2. The monoisotopic (exact) mass is 208 g/mol. The van der Waals surface area contributed by atoms with Crippen LogP contribution in [0.3, 0.4) is 0 Å². The molecule has 0 atom stereocenters. The van der Waals surface area contributed by atoms with E-state index in [0.717, 1.165) is 12.2 Å². The van der Waals surface area contributed by atoms with Gasteiger partial charge in [-0.1, -0.05) is 13.8 Å². The van der Waals surface area contributed by atoms with Gasteiger partial charge in [0.1, 0.15) is 5.75 Å². The Hall–Kier alpha value is -1.22. The Kier molecular flexibility index (Phi) is 3.58. The fraction of sp³-hybridized carbons (Fsp3) is 0.500. The molecule has 0 amide bonds. The van der Waals surface area contributed by atoms with Crippen molar-refractivity contribution < 1.29 is 5.11 Å². The van der Waals surface area contributed by atoms with Gasteiger partial charge in [0.05, 0.1) is 0 Å². The first kappa shape index (κ1) is 11.9. The second-order valence-electron chi connectivity index (χ2n) is 4.74. The van der Waals surface area contributed by atoms with Crippen molar-refractivity contribution in [1.82, 2.24) is 0 Å². The van der Waals surface area contributed by atoms with Crippen LogP contribution in [0.2, 0.25) is 0 Å².